The molecule has 0 aliphatic carbocycles. The van der Waals surface area contributed by atoms with Crippen molar-refractivity contribution >= 4 is 16.6 Å². The lowest BCUT2D eigenvalue weighted by Crippen LogP contribution is -2.25. The van der Waals surface area contributed by atoms with E-state index in [2.05, 4.69) is 42.0 Å². The number of pyridine rings is 1. The van der Waals surface area contributed by atoms with Gasteiger partial charge in [0.15, 0.2) is 0 Å². The minimum Gasteiger partial charge on any atom is -0.497 e. The molecular formula is C19H29N3O. The zero-order valence-corrected chi connectivity index (χ0v) is 14.8. The molecule has 1 aromatic carbocycles. The summed E-state index contributed by atoms with van der Waals surface area (Å²) in [5.74, 6) is 0.864. The molecule has 0 unspecified atom stereocenters. The maximum absolute atomic E-state index is 5.41. The third-order valence-corrected chi connectivity index (χ3v) is 4.32. The maximum Gasteiger partial charge on any atom is 0.121 e. The summed E-state index contributed by atoms with van der Waals surface area (Å²) < 4.78 is 5.41. The van der Waals surface area contributed by atoms with Crippen LogP contribution in [-0.2, 0) is 0 Å². The summed E-state index contributed by atoms with van der Waals surface area (Å²) in [7, 11) is 1.70. The van der Waals surface area contributed by atoms with E-state index in [1.807, 2.05) is 24.4 Å². The van der Waals surface area contributed by atoms with Gasteiger partial charge in [0.1, 0.15) is 5.75 Å². The number of fused-ring (bicyclic) bond motifs is 1. The predicted molar refractivity (Wildman–Crippen MR) is 98.4 cm³/mol. The fourth-order valence-corrected chi connectivity index (χ4v) is 2.89. The number of benzene rings is 1. The zero-order valence-electron chi connectivity index (χ0n) is 14.8. The smallest absolute Gasteiger partial charge is 0.121 e. The monoisotopic (exact) mass is 315 g/mol. The molecule has 1 atom stereocenters. The topological polar surface area (TPSA) is 37.4 Å². The van der Waals surface area contributed by atoms with Crippen molar-refractivity contribution in [1.29, 1.82) is 0 Å². The third-order valence-electron chi connectivity index (χ3n) is 4.32. The van der Waals surface area contributed by atoms with Crippen LogP contribution in [0.25, 0.3) is 10.9 Å². The van der Waals surface area contributed by atoms with E-state index in [1.54, 1.807) is 7.11 Å². The second kappa shape index (κ2) is 8.73. The molecule has 0 radical (unpaired) electrons. The largest absolute Gasteiger partial charge is 0.497 e. The van der Waals surface area contributed by atoms with Gasteiger partial charge in [0.2, 0.25) is 0 Å². The average Bonchev–Trinajstić information content (AvgIpc) is 2.58. The van der Waals surface area contributed by atoms with Crippen LogP contribution in [0.2, 0.25) is 0 Å². The lowest BCUT2D eigenvalue weighted by atomic mass is 10.1. The molecule has 0 amide bonds. The van der Waals surface area contributed by atoms with Gasteiger partial charge in [-0.25, -0.2) is 0 Å². The standard InChI is InChI=1S/C19H29N3O/c1-5-22(6-2)12-8-9-15(3)21-18-14-17(23-4)13-16-10-7-11-20-19(16)18/h7,10-11,13-15,21H,5-6,8-9,12H2,1-4H3/t15-/m1/s1. The molecule has 0 saturated carbocycles. The number of hydrogen-bond acceptors (Lipinski definition) is 4. The molecule has 4 heteroatoms. The van der Waals surface area contributed by atoms with Crippen molar-refractivity contribution in [2.24, 2.45) is 0 Å². The summed E-state index contributed by atoms with van der Waals surface area (Å²) in [4.78, 5) is 6.99. The molecule has 0 aliphatic heterocycles. The van der Waals surface area contributed by atoms with Crippen LogP contribution in [0.1, 0.15) is 33.6 Å². The van der Waals surface area contributed by atoms with Gasteiger partial charge in [-0.15, -0.1) is 0 Å². The van der Waals surface area contributed by atoms with Gasteiger partial charge in [-0.2, -0.15) is 0 Å². The van der Waals surface area contributed by atoms with Crippen molar-refractivity contribution in [3.05, 3.63) is 30.5 Å². The third kappa shape index (κ3) is 4.83. The number of aromatic nitrogens is 1. The number of rotatable bonds is 9. The number of nitrogens with one attached hydrogen (secondary N) is 1. The van der Waals surface area contributed by atoms with Crippen LogP contribution in [0.4, 0.5) is 5.69 Å². The first-order chi connectivity index (χ1) is 11.2. The first kappa shape index (κ1) is 17.5. The summed E-state index contributed by atoms with van der Waals surface area (Å²) in [5, 5.41) is 4.71. The van der Waals surface area contributed by atoms with Gasteiger partial charge in [-0.3, -0.25) is 4.98 Å². The average molecular weight is 315 g/mol. The number of ether oxygens (including phenoxy) is 1. The highest BCUT2D eigenvalue weighted by molar-refractivity contribution is 5.91. The van der Waals surface area contributed by atoms with Crippen LogP contribution in [0.5, 0.6) is 5.75 Å². The van der Waals surface area contributed by atoms with Gasteiger partial charge in [0.05, 0.1) is 18.3 Å². The van der Waals surface area contributed by atoms with Crippen LogP contribution in [0.15, 0.2) is 30.5 Å². The molecule has 0 aliphatic rings. The molecule has 0 fully saturated rings. The SMILES string of the molecule is CCN(CC)CCC[C@@H](C)Nc1cc(OC)cc2cccnc12. The predicted octanol–water partition coefficient (Wildman–Crippen LogP) is 4.17. The normalized spacial score (nSPS) is 12.6. The van der Waals surface area contributed by atoms with Gasteiger partial charge >= 0.3 is 0 Å². The van der Waals surface area contributed by atoms with Crippen molar-refractivity contribution in [2.45, 2.75) is 39.7 Å². The molecule has 126 valence electrons. The van der Waals surface area contributed by atoms with Crippen molar-refractivity contribution in [3.8, 4) is 5.75 Å². The Hall–Kier alpha value is -1.81. The van der Waals surface area contributed by atoms with E-state index in [-0.39, 0.29) is 0 Å². The number of hydrogen-bond donors (Lipinski definition) is 1. The second-order valence-electron chi connectivity index (χ2n) is 5.96. The Balaban J connectivity index is 2.02. The van der Waals surface area contributed by atoms with E-state index >= 15 is 0 Å². The molecule has 2 aromatic rings. The zero-order chi connectivity index (χ0) is 16.7. The van der Waals surface area contributed by atoms with E-state index in [0.29, 0.717) is 6.04 Å². The van der Waals surface area contributed by atoms with E-state index in [4.69, 9.17) is 4.74 Å². The van der Waals surface area contributed by atoms with Gasteiger partial charge in [0.25, 0.3) is 0 Å². The summed E-state index contributed by atoms with van der Waals surface area (Å²) in [6.45, 7) is 10.1. The molecule has 1 N–H and O–H groups in total. The van der Waals surface area contributed by atoms with Gasteiger partial charge in [-0.05, 0) is 51.5 Å². The van der Waals surface area contributed by atoms with Gasteiger partial charge in [0, 0.05) is 23.7 Å². The molecule has 1 heterocycles. The van der Waals surface area contributed by atoms with Crippen LogP contribution in [0, 0.1) is 0 Å². The van der Waals surface area contributed by atoms with Gasteiger partial charge < -0.3 is 15.0 Å². The molecule has 4 nitrogen and oxygen atoms in total. The van der Waals surface area contributed by atoms with E-state index in [1.165, 1.54) is 6.42 Å². The number of nitrogens with zero attached hydrogens (tertiary/aromatic N) is 2. The van der Waals surface area contributed by atoms with Crippen LogP contribution >= 0.6 is 0 Å². The molecule has 2 rings (SSSR count). The Morgan fingerprint density at radius 3 is 2.74 bits per heavy atom. The van der Waals surface area contributed by atoms with Crippen molar-refractivity contribution < 1.29 is 4.74 Å². The fraction of sp³-hybridized carbons (Fsp3) is 0.526. The molecule has 0 saturated heterocycles. The van der Waals surface area contributed by atoms with Crippen molar-refractivity contribution in [1.82, 2.24) is 9.88 Å². The number of anilines is 1. The lowest BCUT2D eigenvalue weighted by molar-refractivity contribution is 0.295. The highest BCUT2D eigenvalue weighted by atomic mass is 16.5. The molecule has 0 bridgehead atoms. The lowest BCUT2D eigenvalue weighted by Gasteiger charge is -2.21. The molecule has 0 spiro atoms. The molecule has 1 aromatic heterocycles. The first-order valence-electron chi connectivity index (χ1n) is 8.59. The highest BCUT2D eigenvalue weighted by Crippen LogP contribution is 2.28. The maximum atomic E-state index is 5.41. The summed E-state index contributed by atoms with van der Waals surface area (Å²) in [6.07, 6.45) is 4.18. The Bertz CT molecular complexity index is 611. The number of methoxy groups -OCH3 is 1. The van der Waals surface area contributed by atoms with Crippen LogP contribution < -0.4 is 10.1 Å². The van der Waals surface area contributed by atoms with Crippen LogP contribution in [-0.4, -0.2) is 42.7 Å². The fourth-order valence-electron chi connectivity index (χ4n) is 2.89. The van der Waals surface area contributed by atoms with Crippen LogP contribution in [0.3, 0.4) is 0 Å². The van der Waals surface area contributed by atoms with E-state index in [0.717, 1.165) is 48.4 Å². The van der Waals surface area contributed by atoms with E-state index < -0.39 is 0 Å². The minimum atomic E-state index is 0.405. The Labute approximate surface area is 139 Å². The summed E-state index contributed by atoms with van der Waals surface area (Å²) in [6, 6.07) is 8.50. The first-order valence-corrected chi connectivity index (χ1v) is 8.59. The Morgan fingerprint density at radius 1 is 1.26 bits per heavy atom. The molecular weight excluding hydrogens is 286 g/mol. The second-order valence-corrected chi connectivity index (χ2v) is 5.96. The summed E-state index contributed by atoms with van der Waals surface area (Å²) >= 11 is 0. The highest BCUT2D eigenvalue weighted by Gasteiger charge is 2.09. The summed E-state index contributed by atoms with van der Waals surface area (Å²) in [5.41, 5.74) is 2.05. The van der Waals surface area contributed by atoms with Gasteiger partial charge in [-0.1, -0.05) is 19.9 Å². The Morgan fingerprint density at radius 2 is 2.04 bits per heavy atom. The molecule has 23 heavy (non-hydrogen) atoms. The van der Waals surface area contributed by atoms with E-state index in [9.17, 15) is 0 Å². The van der Waals surface area contributed by atoms with Crippen molar-refractivity contribution in [3.63, 3.8) is 0 Å². The Kier molecular flexibility index (Phi) is 6.66. The quantitative estimate of drug-likeness (QED) is 0.754. The van der Waals surface area contributed by atoms with Crippen molar-refractivity contribution in [2.75, 3.05) is 32.1 Å². The minimum absolute atomic E-state index is 0.405.